The lowest BCUT2D eigenvalue weighted by atomic mass is 10.3. The van der Waals surface area contributed by atoms with E-state index in [0.29, 0.717) is 24.4 Å². The number of ether oxygens (including phenoxy) is 1. The van der Waals surface area contributed by atoms with Crippen LogP contribution in [0, 0.1) is 5.82 Å². The molecule has 7 nitrogen and oxygen atoms in total. The molecule has 0 aliphatic heterocycles. The second-order valence-electron chi connectivity index (χ2n) is 4.78. The quantitative estimate of drug-likeness (QED) is 0.774. The molecule has 8 heteroatoms. The smallest absolute Gasteiger partial charge is 0.303 e. The molecule has 0 saturated heterocycles. The van der Waals surface area contributed by atoms with Crippen LogP contribution in [0.2, 0.25) is 0 Å². The predicted molar refractivity (Wildman–Crippen MR) is 79.6 cm³/mol. The number of nitrogens with one attached hydrogen (secondary N) is 1. The number of aryl methyl sites for hydroxylation is 1. The van der Waals surface area contributed by atoms with Crippen LogP contribution in [0.3, 0.4) is 0 Å². The number of benzene rings is 1. The molecule has 2 rings (SSSR count). The molecule has 122 valence electrons. The third-order valence-corrected chi connectivity index (χ3v) is 2.88. The first kappa shape index (κ1) is 16.5. The number of carboxylic acid groups (broad SMARTS) is 1. The van der Waals surface area contributed by atoms with Crippen molar-refractivity contribution >= 4 is 17.6 Å². The van der Waals surface area contributed by atoms with Crippen molar-refractivity contribution in [2.75, 3.05) is 11.9 Å². The second-order valence-corrected chi connectivity index (χ2v) is 4.78. The predicted octanol–water partition coefficient (Wildman–Crippen LogP) is 1.90. The lowest BCUT2D eigenvalue weighted by Gasteiger charge is -2.05. The summed E-state index contributed by atoms with van der Waals surface area (Å²) in [4.78, 5) is 22.2. The van der Waals surface area contributed by atoms with Gasteiger partial charge in [0.25, 0.3) is 5.91 Å². The Labute approximate surface area is 131 Å². The van der Waals surface area contributed by atoms with Gasteiger partial charge in [-0.05, 0) is 30.7 Å². The summed E-state index contributed by atoms with van der Waals surface area (Å²) in [5, 5.41) is 15.2. The van der Waals surface area contributed by atoms with Crippen LogP contribution in [-0.4, -0.2) is 33.4 Å². The summed E-state index contributed by atoms with van der Waals surface area (Å²) in [6.45, 7) is 0.240. The molecular formula is C15H16FN3O4. The minimum atomic E-state index is -0.858. The van der Waals surface area contributed by atoms with Crippen molar-refractivity contribution < 1.29 is 23.8 Å². The van der Waals surface area contributed by atoms with Crippen molar-refractivity contribution in [1.82, 2.24) is 9.78 Å². The number of carboxylic acids is 1. The maximum Gasteiger partial charge on any atom is 0.303 e. The fourth-order valence-electron chi connectivity index (χ4n) is 1.82. The molecular weight excluding hydrogens is 305 g/mol. The molecule has 1 heterocycles. The van der Waals surface area contributed by atoms with E-state index in [4.69, 9.17) is 9.84 Å². The highest BCUT2D eigenvalue weighted by Gasteiger charge is 2.06. The molecule has 0 atom stereocenters. The minimum absolute atomic E-state index is 0.0626. The molecule has 1 aromatic carbocycles. The van der Waals surface area contributed by atoms with Crippen LogP contribution in [0.15, 0.2) is 36.7 Å². The topological polar surface area (TPSA) is 93.5 Å². The van der Waals surface area contributed by atoms with Crippen LogP contribution < -0.4 is 10.1 Å². The molecule has 0 aliphatic carbocycles. The Morgan fingerprint density at radius 1 is 1.30 bits per heavy atom. The fraction of sp³-hybridized carbons (Fsp3) is 0.267. The maximum atomic E-state index is 12.7. The highest BCUT2D eigenvalue weighted by atomic mass is 19.1. The van der Waals surface area contributed by atoms with Gasteiger partial charge >= 0.3 is 5.97 Å². The van der Waals surface area contributed by atoms with Gasteiger partial charge < -0.3 is 15.2 Å². The molecule has 2 aromatic rings. The number of anilines is 1. The summed E-state index contributed by atoms with van der Waals surface area (Å²) >= 11 is 0. The third-order valence-electron chi connectivity index (χ3n) is 2.88. The molecule has 23 heavy (non-hydrogen) atoms. The van der Waals surface area contributed by atoms with Gasteiger partial charge in [0.2, 0.25) is 0 Å². The summed E-state index contributed by atoms with van der Waals surface area (Å²) in [7, 11) is 0. The summed E-state index contributed by atoms with van der Waals surface area (Å²) in [6.07, 6.45) is 3.60. The summed E-state index contributed by atoms with van der Waals surface area (Å²) in [6, 6.07) is 5.36. The zero-order valence-electron chi connectivity index (χ0n) is 12.2. The van der Waals surface area contributed by atoms with Crippen molar-refractivity contribution in [3.8, 4) is 5.75 Å². The van der Waals surface area contributed by atoms with Crippen molar-refractivity contribution in [3.05, 3.63) is 42.5 Å². The van der Waals surface area contributed by atoms with Crippen molar-refractivity contribution in [2.24, 2.45) is 0 Å². The fourth-order valence-corrected chi connectivity index (χ4v) is 1.82. The van der Waals surface area contributed by atoms with E-state index in [1.807, 2.05) is 0 Å². The highest BCUT2D eigenvalue weighted by Crippen LogP contribution is 2.11. The SMILES string of the molecule is O=C(O)CCCn1cc(NC(=O)COc2ccc(F)cc2)cn1. The zero-order chi connectivity index (χ0) is 16.7. The molecule has 1 amide bonds. The van der Waals surface area contributed by atoms with Gasteiger partial charge in [-0.15, -0.1) is 0 Å². The van der Waals surface area contributed by atoms with Crippen molar-refractivity contribution in [3.63, 3.8) is 0 Å². The van der Waals surface area contributed by atoms with E-state index in [1.165, 1.54) is 30.5 Å². The van der Waals surface area contributed by atoms with E-state index in [1.54, 1.807) is 10.9 Å². The minimum Gasteiger partial charge on any atom is -0.484 e. The summed E-state index contributed by atoms with van der Waals surface area (Å²) in [5.74, 6) is -1.22. The maximum absolute atomic E-state index is 12.7. The van der Waals surface area contributed by atoms with Gasteiger partial charge in [-0.1, -0.05) is 0 Å². The van der Waals surface area contributed by atoms with Gasteiger partial charge in [0.15, 0.2) is 6.61 Å². The molecule has 0 fully saturated rings. The average molecular weight is 321 g/mol. The number of halogens is 1. The molecule has 0 bridgehead atoms. The van der Waals surface area contributed by atoms with Gasteiger partial charge in [0.05, 0.1) is 11.9 Å². The number of aromatic nitrogens is 2. The van der Waals surface area contributed by atoms with E-state index < -0.39 is 5.97 Å². The number of hydrogen-bond acceptors (Lipinski definition) is 4. The molecule has 1 aromatic heterocycles. The largest absolute Gasteiger partial charge is 0.484 e. The zero-order valence-corrected chi connectivity index (χ0v) is 12.2. The first-order valence-electron chi connectivity index (χ1n) is 6.95. The van der Waals surface area contributed by atoms with Crippen LogP contribution in [0.5, 0.6) is 5.75 Å². The van der Waals surface area contributed by atoms with Crippen LogP contribution >= 0.6 is 0 Å². The second kappa shape index (κ2) is 7.92. The number of carbonyl (C=O) groups is 2. The Morgan fingerprint density at radius 3 is 2.74 bits per heavy atom. The number of aliphatic carboxylic acids is 1. The standard InChI is InChI=1S/C15H16FN3O4/c16-11-3-5-13(6-4-11)23-10-14(20)18-12-8-17-19(9-12)7-1-2-15(21)22/h3-6,8-9H,1-2,7,10H2,(H,18,20)(H,21,22). The first-order valence-corrected chi connectivity index (χ1v) is 6.95. The van der Waals surface area contributed by atoms with E-state index in [0.717, 1.165) is 0 Å². The molecule has 0 aliphatic rings. The van der Waals surface area contributed by atoms with Gasteiger partial charge in [-0.3, -0.25) is 14.3 Å². The number of rotatable bonds is 8. The van der Waals surface area contributed by atoms with Crippen molar-refractivity contribution in [2.45, 2.75) is 19.4 Å². The Kier molecular flexibility index (Phi) is 5.67. The Morgan fingerprint density at radius 2 is 2.04 bits per heavy atom. The van der Waals surface area contributed by atoms with Crippen LogP contribution in [0.25, 0.3) is 0 Å². The first-order chi connectivity index (χ1) is 11.0. The van der Waals surface area contributed by atoms with Crippen LogP contribution in [-0.2, 0) is 16.1 Å². The molecule has 0 unspecified atom stereocenters. The van der Waals surface area contributed by atoms with E-state index in [2.05, 4.69) is 10.4 Å². The normalized spacial score (nSPS) is 10.3. The summed E-state index contributed by atoms with van der Waals surface area (Å²) in [5.41, 5.74) is 0.494. The molecule has 0 spiro atoms. The van der Waals surface area contributed by atoms with Crippen LogP contribution in [0.4, 0.5) is 10.1 Å². The number of hydrogen-bond donors (Lipinski definition) is 2. The van der Waals surface area contributed by atoms with E-state index in [9.17, 15) is 14.0 Å². The monoisotopic (exact) mass is 321 g/mol. The Balaban J connectivity index is 1.75. The Hall–Kier alpha value is -2.90. The van der Waals surface area contributed by atoms with Gasteiger partial charge in [-0.2, -0.15) is 5.10 Å². The van der Waals surface area contributed by atoms with Gasteiger partial charge in [0, 0.05) is 19.2 Å². The third kappa shape index (κ3) is 5.77. The number of nitrogens with zero attached hydrogens (tertiary/aromatic N) is 2. The van der Waals surface area contributed by atoms with Gasteiger partial charge in [0.1, 0.15) is 11.6 Å². The number of carbonyl (C=O) groups excluding carboxylic acids is 1. The number of amides is 1. The molecule has 2 N–H and O–H groups in total. The molecule has 0 saturated carbocycles. The van der Waals surface area contributed by atoms with Crippen LogP contribution in [0.1, 0.15) is 12.8 Å². The van der Waals surface area contributed by atoms with Gasteiger partial charge in [-0.25, -0.2) is 4.39 Å². The van der Waals surface area contributed by atoms with E-state index in [-0.39, 0.29) is 24.8 Å². The lowest BCUT2D eigenvalue weighted by molar-refractivity contribution is -0.137. The summed E-state index contributed by atoms with van der Waals surface area (Å²) < 4.78 is 19.5. The Bertz CT molecular complexity index is 670. The van der Waals surface area contributed by atoms with Crippen molar-refractivity contribution in [1.29, 1.82) is 0 Å². The average Bonchev–Trinajstić information content (AvgIpc) is 2.94. The van der Waals surface area contributed by atoms with E-state index >= 15 is 0 Å². The lowest BCUT2D eigenvalue weighted by Crippen LogP contribution is -2.19. The highest BCUT2D eigenvalue weighted by molar-refractivity contribution is 5.91. The molecule has 0 radical (unpaired) electrons.